The fourth-order valence-corrected chi connectivity index (χ4v) is 9.24. The van der Waals surface area contributed by atoms with Crippen molar-refractivity contribution < 1.29 is 37.7 Å². The molecule has 6 atom stereocenters. The number of nitrogens with one attached hydrogen (secondary N) is 3. The summed E-state index contributed by atoms with van der Waals surface area (Å²) in [5.74, 6) is -1.84. The predicted molar refractivity (Wildman–Crippen MR) is 211 cm³/mol. The van der Waals surface area contributed by atoms with Gasteiger partial charge in [0.05, 0.1) is 13.2 Å². The number of benzene rings is 1. The summed E-state index contributed by atoms with van der Waals surface area (Å²) < 4.78 is 27.3. The van der Waals surface area contributed by atoms with Gasteiger partial charge in [-0.15, -0.1) is 6.58 Å². The van der Waals surface area contributed by atoms with Crippen molar-refractivity contribution in [2.45, 2.75) is 120 Å². The van der Waals surface area contributed by atoms with Crippen LogP contribution in [0.15, 0.2) is 49.2 Å². The monoisotopic (exact) mass is 787 g/mol. The molecule has 5 aliphatic rings. The highest BCUT2D eigenvalue weighted by atomic mass is 32.2. The van der Waals surface area contributed by atoms with Crippen LogP contribution in [0.4, 0.5) is 4.79 Å². The third kappa shape index (κ3) is 9.33. The molecule has 2 aromatic rings. The predicted octanol–water partition coefficient (Wildman–Crippen LogP) is 5.40. The third-order valence-electron chi connectivity index (χ3n) is 11.9. The van der Waals surface area contributed by atoms with Crippen LogP contribution in [-0.2, 0) is 34.9 Å². The van der Waals surface area contributed by atoms with Crippen molar-refractivity contribution in [3.63, 3.8) is 0 Å². The van der Waals surface area contributed by atoms with Gasteiger partial charge in [0.15, 0.2) is 11.0 Å². The number of fused-ring (bicyclic) bond motifs is 3. The van der Waals surface area contributed by atoms with E-state index in [1.807, 2.05) is 24.3 Å². The van der Waals surface area contributed by atoms with E-state index in [1.165, 1.54) is 4.90 Å². The van der Waals surface area contributed by atoms with Crippen LogP contribution in [-0.4, -0.2) is 79.9 Å². The molecule has 56 heavy (non-hydrogen) atoms. The molecule has 3 saturated carbocycles. The van der Waals surface area contributed by atoms with Crippen molar-refractivity contribution in [1.82, 2.24) is 25.2 Å². The first-order valence-electron chi connectivity index (χ1n) is 20.3. The van der Waals surface area contributed by atoms with Gasteiger partial charge in [-0.05, 0) is 86.3 Å². The van der Waals surface area contributed by atoms with Gasteiger partial charge in [-0.2, -0.15) is 0 Å². The molecule has 300 valence electrons. The van der Waals surface area contributed by atoms with Crippen molar-refractivity contribution in [3.05, 3.63) is 54.8 Å². The highest BCUT2D eigenvalue weighted by molar-refractivity contribution is 7.99. The molecule has 2 aliphatic heterocycles. The fraction of sp³-hybridized carbons (Fsp3) is 0.571. The average molecular weight is 788 g/mol. The number of alkyl carbamates (subject to hydrolysis) is 1. The number of cyclic esters (lactones) is 1. The van der Waals surface area contributed by atoms with Gasteiger partial charge in [0.1, 0.15) is 23.7 Å². The zero-order valence-corrected chi connectivity index (χ0v) is 32.7. The van der Waals surface area contributed by atoms with E-state index in [9.17, 15) is 28.2 Å². The molecule has 14 heteroatoms. The zero-order chi connectivity index (χ0) is 39.2. The summed E-state index contributed by atoms with van der Waals surface area (Å²) in [5, 5.41) is 6.93. The van der Waals surface area contributed by atoms with Crippen LogP contribution in [0.3, 0.4) is 0 Å². The van der Waals surface area contributed by atoms with Crippen LogP contribution in [0.5, 0.6) is 5.88 Å². The summed E-state index contributed by atoms with van der Waals surface area (Å²) in [6.45, 7) is 4.08. The van der Waals surface area contributed by atoms with Gasteiger partial charge in [0.2, 0.25) is 22.8 Å². The molecule has 1 saturated heterocycles. The summed E-state index contributed by atoms with van der Waals surface area (Å²) in [4.78, 5) is 74.7. The number of ether oxygens (including phenoxy) is 2. The molecular weight excluding hydrogens is 735 g/mol. The lowest BCUT2D eigenvalue weighted by Gasteiger charge is -2.34. The van der Waals surface area contributed by atoms with Crippen LogP contribution in [0.2, 0.25) is 0 Å². The second-order valence-electron chi connectivity index (χ2n) is 16.1. The van der Waals surface area contributed by atoms with E-state index in [-0.39, 0.29) is 44.2 Å². The van der Waals surface area contributed by atoms with Crippen LogP contribution in [0, 0.1) is 17.8 Å². The number of pyridine rings is 1. The number of carbonyl (C=O) groups is 5. The van der Waals surface area contributed by atoms with Gasteiger partial charge < -0.3 is 25.0 Å². The Balaban J connectivity index is 1.18. The average Bonchev–Trinajstić information content (AvgIpc) is 4.12. The second-order valence-corrected chi connectivity index (χ2v) is 17.3. The Bertz CT molecular complexity index is 1890. The number of nitrogens with zero attached hydrogens (tertiary/aromatic N) is 2. The van der Waals surface area contributed by atoms with Crippen molar-refractivity contribution in [1.29, 1.82) is 0 Å². The summed E-state index contributed by atoms with van der Waals surface area (Å²) in [7, 11) is -2.26. The van der Waals surface area contributed by atoms with Gasteiger partial charge >= 0.3 is 6.09 Å². The van der Waals surface area contributed by atoms with Gasteiger partial charge in [0.25, 0.3) is 5.91 Å². The zero-order valence-electron chi connectivity index (χ0n) is 31.9. The normalized spacial score (nSPS) is 28.8. The summed E-state index contributed by atoms with van der Waals surface area (Å²) >= 11 is 0. The van der Waals surface area contributed by atoms with Crippen molar-refractivity contribution in [2.24, 2.45) is 17.8 Å². The number of aromatic nitrogens is 1. The van der Waals surface area contributed by atoms with E-state index in [1.54, 1.807) is 12.3 Å². The Hall–Kier alpha value is -4.59. The first kappa shape index (κ1) is 39.6. The van der Waals surface area contributed by atoms with Crippen LogP contribution in [0.25, 0.3) is 16.8 Å². The maximum atomic E-state index is 14.8. The molecule has 0 spiro atoms. The largest absolute Gasteiger partial charge is 0.472 e. The molecule has 3 aliphatic carbocycles. The Morgan fingerprint density at radius 3 is 2.59 bits per heavy atom. The first-order chi connectivity index (χ1) is 27.1. The molecule has 7 rings (SSSR count). The Morgan fingerprint density at radius 1 is 1.04 bits per heavy atom. The third-order valence-corrected chi connectivity index (χ3v) is 12.9. The van der Waals surface area contributed by atoms with Crippen LogP contribution < -0.4 is 20.1 Å². The van der Waals surface area contributed by atoms with E-state index in [4.69, 9.17) is 9.47 Å². The quantitative estimate of drug-likeness (QED) is 0.311. The summed E-state index contributed by atoms with van der Waals surface area (Å²) in [6.07, 6.45) is 17.1. The van der Waals surface area contributed by atoms with E-state index < -0.39 is 69.6 Å². The molecule has 4 bridgehead atoms. The highest BCUT2D eigenvalue weighted by Crippen LogP contribution is 2.45. The molecule has 3 N–H and O–H groups in total. The number of hydrogen-bond acceptors (Lipinski definition) is 9. The van der Waals surface area contributed by atoms with Gasteiger partial charge in [-0.1, -0.05) is 62.5 Å². The Morgan fingerprint density at radius 2 is 1.82 bits per heavy atom. The van der Waals surface area contributed by atoms with Gasteiger partial charge in [-0.25, -0.2) is 14.0 Å². The summed E-state index contributed by atoms with van der Waals surface area (Å²) in [5.41, 5.74) is -0.494. The topological polar surface area (TPSA) is 173 Å². The number of amides is 4. The molecule has 13 nitrogen and oxygen atoms in total. The molecule has 1 aromatic carbocycles. The lowest BCUT2D eigenvalue weighted by molar-refractivity contribution is -0.142. The Labute approximate surface area is 330 Å². The lowest BCUT2D eigenvalue weighted by Crippen LogP contribution is -2.59. The summed E-state index contributed by atoms with van der Waals surface area (Å²) in [6, 6.07) is 5.96. The highest BCUT2D eigenvalue weighted by Gasteiger charge is 2.61. The molecular formula is C42H53N5O8S. The van der Waals surface area contributed by atoms with Gasteiger partial charge in [-0.3, -0.25) is 23.9 Å². The van der Waals surface area contributed by atoms with Crippen LogP contribution in [0.1, 0.15) is 102 Å². The fourth-order valence-electron chi connectivity index (χ4n) is 8.39. The molecule has 4 amide bonds. The molecule has 1 aromatic heterocycles. The molecule has 0 radical (unpaired) electrons. The minimum atomic E-state index is -2.26. The SMILES string of the molecule is C=CC1C[C@]1(NC(=O)[C@@H]1C[C@@H]2CN1C(=O)[C@H](C1CCCCC1)NC(=O)OCCCCCC/C=C/c1ccc3ccnc(c3c1)O2)C(=O)NS(=O)C(=O)CC1CC1. The number of hydrogen-bond donors (Lipinski definition) is 3. The van der Waals surface area contributed by atoms with Gasteiger partial charge in [0, 0.05) is 30.3 Å². The number of carbonyl (C=O) groups excluding carboxylic acids is 5. The Kier molecular flexibility index (Phi) is 12.5. The minimum Gasteiger partial charge on any atom is -0.472 e. The maximum Gasteiger partial charge on any atom is 0.407 e. The smallest absolute Gasteiger partial charge is 0.407 e. The van der Waals surface area contributed by atoms with E-state index >= 15 is 0 Å². The molecule has 4 fully saturated rings. The van der Waals surface area contributed by atoms with E-state index in [0.717, 1.165) is 87.0 Å². The molecule has 2 unspecified atom stereocenters. The lowest BCUT2D eigenvalue weighted by atomic mass is 9.83. The minimum absolute atomic E-state index is 0.0261. The van der Waals surface area contributed by atoms with Crippen LogP contribution >= 0.6 is 0 Å². The van der Waals surface area contributed by atoms with Crippen molar-refractivity contribution in [3.8, 4) is 5.88 Å². The van der Waals surface area contributed by atoms with Crippen molar-refractivity contribution >= 4 is 56.8 Å². The molecule has 3 heterocycles. The van der Waals surface area contributed by atoms with E-state index in [0.29, 0.717) is 12.3 Å². The maximum absolute atomic E-state index is 14.8. The number of allylic oxidation sites excluding steroid dienone is 1. The first-order valence-corrected chi connectivity index (χ1v) is 21.5. The van der Waals surface area contributed by atoms with Crippen molar-refractivity contribution in [2.75, 3.05) is 13.2 Å². The van der Waals surface area contributed by atoms with E-state index in [2.05, 4.69) is 39.1 Å². The number of rotatable bonds is 7. The second kappa shape index (κ2) is 17.7. The standard InChI is InChI=1S/C42H53N5O8S/c1-2-31-25-42(31,40(51)46-56(53)35(48)23-28-15-16-28)45-37(49)34-24-32-26-47(34)39(50)36(30-13-9-7-10-14-30)44-41(52)54-21-11-6-4-3-5-8-12-27-17-18-29-19-20-43-38(55-32)33(29)22-27/h2,8,12,17-20,22,28,30-32,34,36H,1,3-7,9-11,13-16,21,23-26H2,(H,44,52)(H,45,49)(H,46,51)/b12-8+/t31?,32-,34+,36+,42-,56?/m1/s1.